The maximum atomic E-state index is 5.41. The van der Waals surface area contributed by atoms with Crippen LogP contribution in [0.15, 0.2) is 12.4 Å². The molecule has 2 heterocycles. The Morgan fingerprint density at radius 1 is 1.54 bits per heavy atom. The van der Waals surface area contributed by atoms with E-state index in [4.69, 9.17) is 14.2 Å². The number of methoxy groups -OCH3 is 1. The van der Waals surface area contributed by atoms with E-state index in [1.165, 1.54) is 0 Å². The molecule has 0 N–H and O–H groups in total. The fourth-order valence-corrected chi connectivity index (χ4v) is 1.30. The third-order valence-corrected chi connectivity index (χ3v) is 1.89. The molecular formula is C9H11NO3. The standard InChI is InChI=1S/C9H11NO3/c1-11-6-13-8-5-10-4-7-2-3-12-9(7)8/h4-5H,2-3,6H2,1H3. The Labute approximate surface area is 76.4 Å². The monoisotopic (exact) mass is 181 g/mol. The van der Waals surface area contributed by atoms with Crippen LogP contribution >= 0.6 is 0 Å². The molecule has 0 amide bonds. The number of rotatable bonds is 3. The summed E-state index contributed by atoms with van der Waals surface area (Å²) < 4.78 is 15.5. The van der Waals surface area contributed by atoms with E-state index in [9.17, 15) is 0 Å². The summed E-state index contributed by atoms with van der Waals surface area (Å²) in [6.07, 6.45) is 4.36. The van der Waals surface area contributed by atoms with E-state index in [-0.39, 0.29) is 6.79 Å². The maximum Gasteiger partial charge on any atom is 0.189 e. The summed E-state index contributed by atoms with van der Waals surface area (Å²) in [6.45, 7) is 0.936. The van der Waals surface area contributed by atoms with Crippen molar-refractivity contribution in [2.24, 2.45) is 0 Å². The van der Waals surface area contributed by atoms with Crippen LogP contribution in [0.25, 0.3) is 0 Å². The number of hydrogen-bond acceptors (Lipinski definition) is 4. The van der Waals surface area contributed by atoms with Gasteiger partial charge in [-0.05, 0) is 0 Å². The minimum Gasteiger partial charge on any atom is -0.489 e. The highest BCUT2D eigenvalue weighted by Gasteiger charge is 2.17. The normalized spacial score (nSPS) is 13.6. The summed E-state index contributed by atoms with van der Waals surface area (Å²) in [5.74, 6) is 1.48. The van der Waals surface area contributed by atoms with E-state index < -0.39 is 0 Å². The lowest BCUT2D eigenvalue weighted by molar-refractivity contribution is 0.0488. The van der Waals surface area contributed by atoms with Crippen molar-refractivity contribution in [3.05, 3.63) is 18.0 Å². The molecule has 1 aromatic heterocycles. The molecule has 0 saturated carbocycles. The molecule has 13 heavy (non-hydrogen) atoms. The molecule has 2 rings (SSSR count). The van der Waals surface area contributed by atoms with Crippen molar-refractivity contribution in [1.29, 1.82) is 0 Å². The van der Waals surface area contributed by atoms with Crippen LogP contribution in [-0.2, 0) is 11.2 Å². The van der Waals surface area contributed by atoms with Crippen LogP contribution in [0.1, 0.15) is 5.56 Å². The van der Waals surface area contributed by atoms with Crippen LogP contribution in [0.4, 0.5) is 0 Å². The first-order chi connectivity index (χ1) is 6.42. The van der Waals surface area contributed by atoms with Crippen LogP contribution in [-0.4, -0.2) is 25.5 Å². The smallest absolute Gasteiger partial charge is 0.189 e. The third kappa shape index (κ3) is 1.58. The Morgan fingerprint density at radius 2 is 2.46 bits per heavy atom. The second-order valence-electron chi connectivity index (χ2n) is 2.78. The summed E-state index contributed by atoms with van der Waals surface area (Å²) >= 11 is 0. The largest absolute Gasteiger partial charge is 0.489 e. The summed E-state index contributed by atoms with van der Waals surface area (Å²) in [4.78, 5) is 4.05. The zero-order valence-electron chi connectivity index (χ0n) is 7.45. The Morgan fingerprint density at radius 3 is 3.31 bits per heavy atom. The quantitative estimate of drug-likeness (QED) is 0.652. The number of aromatic nitrogens is 1. The van der Waals surface area contributed by atoms with E-state index in [1.807, 2.05) is 6.20 Å². The predicted molar refractivity (Wildman–Crippen MR) is 45.9 cm³/mol. The molecule has 0 aliphatic carbocycles. The first-order valence-electron chi connectivity index (χ1n) is 4.13. The third-order valence-electron chi connectivity index (χ3n) is 1.89. The fourth-order valence-electron chi connectivity index (χ4n) is 1.30. The molecule has 4 nitrogen and oxygen atoms in total. The minimum atomic E-state index is 0.224. The molecule has 70 valence electrons. The maximum absolute atomic E-state index is 5.41. The predicted octanol–water partition coefficient (Wildman–Crippen LogP) is 0.999. The van der Waals surface area contributed by atoms with E-state index in [0.717, 1.165) is 17.7 Å². The van der Waals surface area contributed by atoms with E-state index >= 15 is 0 Å². The highest BCUT2D eigenvalue weighted by Crippen LogP contribution is 2.34. The average Bonchev–Trinajstić information content (AvgIpc) is 2.62. The zero-order valence-corrected chi connectivity index (χ0v) is 7.45. The van der Waals surface area contributed by atoms with Crippen molar-refractivity contribution in [2.75, 3.05) is 20.5 Å². The molecule has 1 aliphatic heterocycles. The lowest BCUT2D eigenvalue weighted by Crippen LogP contribution is -2.00. The molecule has 0 saturated heterocycles. The Balaban J connectivity index is 2.20. The van der Waals surface area contributed by atoms with Crippen LogP contribution in [0.5, 0.6) is 11.5 Å². The van der Waals surface area contributed by atoms with Gasteiger partial charge in [-0.1, -0.05) is 0 Å². The van der Waals surface area contributed by atoms with Crippen LogP contribution in [0.2, 0.25) is 0 Å². The number of fused-ring (bicyclic) bond motifs is 1. The molecule has 0 fully saturated rings. The highest BCUT2D eigenvalue weighted by molar-refractivity contribution is 5.45. The Hall–Kier alpha value is -1.29. The van der Waals surface area contributed by atoms with Gasteiger partial charge < -0.3 is 14.2 Å². The molecule has 0 aromatic carbocycles. The van der Waals surface area contributed by atoms with Gasteiger partial charge in [0.1, 0.15) is 0 Å². The summed E-state index contributed by atoms with van der Waals surface area (Å²) in [5.41, 5.74) is 1.11. The van der Waals surface area contributed by atoms with Crippen molar-refractivity contribution >= 4 is 0 Å². The second kappa shape index (κ2) is 3.62. The molecule has 0 unspecified atom stereocenters. The number of ether oxygens (including phenoxy) is 3. The topological polar surface area (TPSA) is 40.6 Å². The van der Waals surface area contributed by atoms with Crippen molar-refractivity contribution in [3.8, 4) is 11.5 Å². The molecule has 0 spiro atoms. The summed E-state index contributed by atoms with van der Waals surface area (Å²) in [5, 5.41) is 0. The van der Waals surface area contributed by atoms with Gasteiger partial charge in [-0.3, -0.25) is 4.98 Å². The minimum absolute atomic E-state index is 0.224. The molecule has 1 aromatic rings. The van der Waals surface area contributed by atoms with Gasteiger partial charge >= 0.3 is 0 Å². The number of pyridine rings is 1. The van der Waals surface area contributed by atoms with Gasteiger partial charge in [0.25, 0.3) is 0 Å². The summed E-state index contributed by atoms with van der Waals surface area (Å²) in [7, 11) is 1.58. The van der Waals surface area contributed by atoms with Crippen LogP contribution < -0.4 is 9.47 Å². The first-order valence-corrected chi connectivity index (χ1v) is 4.13. The van der Waals surface area contributed by atoms with E-state index in [0.29, 0.717) is 12.4 Å². The van der Waals surface area contributed by atoms with Crippen molar-refractivity contribution in [1.82, 2.24) is 4.98 Å². The van der Waals surface area contributed by atoms with E-state index in [1.54, 1.807) is 13.3 Å². The summed E-state index contributed by atoms with van der Waals surface area (Å²) in [6, 6.07) is 0. The molecular weight excluding hydrogens is 170 g/mol. The van der Waals surface area contributed by atoms with Gasteiger partial charge in [0.2, 0.25) is 0 Å². The molecule has 0 atom stereocenters. The van der Waals surface area contributed by atoms with Crippen molar-refractivity contribution in [3.63, 3.8) is 0 Å². The van der Waals surface area contributed by atoms with Gasteiger partial charge in [0.05, 0.1) is 12.8 Å². The van der Waals surface area contributed by atoms with Gasteiger partial charge in [0, 0.05) is 25.3 Å². The number of hydrogen-bond donors (Lipinski definition) is 0. The van der Waals surface area contributed by atoms with Gasteiger partial charge in [-0.2, -0.15) is 0 Å². The van der Waals surface area contributed by atoms with Gasteiger partial charge in [0.15, 0.2) is 18.3 Å². The van der Waals surface area contributed by atoms with Crippen LogP contribution in [0.3, 0.4) is 0 Å². The first kappa shape index (κ1) is 8.31. The SMILES string of the molecule is COCOc1cncc2c1OCC2. The van der Waals surface area contributed by atoms with Crippen molar-refractivity contribution in [2.45, 2.75) is 6.42 Å². The average molecular weight is 181 g/mol. The highest BCUT2D eigenvalue weighted by atomic mass is 16.7. The molecule has 4 heteroatoms. The van der Waals surface area contributed by atoms with Gasteiger partial charge in [-0.15, -0.1) is 0 Å². The molecule has 0 radical (unpaired) electrons. The molecule has 0 bridgehead atoms. The van der Waals surface area contributed by atoms with E-state index in [2.05, 4.69) is 4.98 Å². The lowest BCUT2D eigenvalue weighted by Gasteiger charge is -2.07. The molecule has 1 aliphatic rings. The van der Waals surface area contributed by atoms with Crippen LogP contribution in [0, 0.1) is 0 Å². The Kier molecular flexibility index (Phi) is 2.31. The fraction of sp³-hybridized carbons (Fsp3) is 0.444. The second-order valence-corrected chi connectivity index (χ2v) is 2.78. The van der Waals surface area contributed by atoms with Crippen molar-refractivity contribution < 1.29 is 14.2 Å². The zero-order chi connectivity index (χ0) is 9.10. The number of nitrogens with zero attached hydrogens (tertiary/aromatic N) is 1. The van der Waals surface area contributed by atoms with Gasteiger partial charge in [-0.25, -0.2) is 0 Å². The Bertz CT molecular complexity index is 301. The lowest BCUT2D eigenvalue weighted by atomic mass is 10.2.